The minimum atomic E-state index is 0.0880. The molecule has 0 amide bonds. The lowest BCUT2D eigenvalue weighted by Crippen LogP contribution is -2.01. The second kappa shape index (κ2) is 5.88. The van der Waals surface area contributed by atoms with Gasteiger partial charge in [-0.05, 0) is 42.1 Å². The van der Waals surface area contributed by atoms with Crippen molar-refractivity contribution in [2.24, 2.45) is 0 Å². The van der Waals surface area contributed by atoms with Crippen LogP contribution < -0.4 is 10.1 Å². The van der Waals surface area contributed by atoms with E-state index in [1.54, 1.807) is 11.8 Å². The lowest BCUT2D eigenvalue weighted by Gasteiger charge is -2.06. The van der Waals surface area contributed by atoms with E-state index >= 15 is 0 Å². The number of hydrogen-bond donors (Lipinski definition) is 1. The quantitative estimate of drug-likeness (QED) is 0.870. The van der Waals surface area contributed by atoms with Crippen LogP contribution in [-0.2, 0) is 0 Å². The Morgan fingerprint density at radius 3 is 2.50 bits per heavy atom. The van der Waals surface area contributed by atoms with E-state index in [0.29, 0.717) is 5.95 Å². The maximum atomic E-state index is 5.76. The van der Waals surface area contributed by atoms with Crippen molar-refractivity contribution in [2.45, 2.75) is 4.90 Å². The lowest BCUT2D eigenvalue weighted by molar-refractivity contribution is 0.379. The maximum Gasteiger partial charge on any atom is 0.322 e. The van der Waals surface area contributed by atoms with Gasteiger partial charge in [0.15, 0.2) is 0 Å². The van der Waals surface area contributed by atoms with Gasteiger partial charge in [0.1, 0.15) is 0 Å². The SMILES string of the molecule is COc1nc(Cl)nc(Nc2ccc(SC)cc2)n1. The van der Waals surface area contributed by atoms with Gasteiger partial charge in [0.05, 0.1) is 7.11 Å². The van der Waals surface area contributed by atoms with E-state index in [-0.39, 0.29) is 11.3 Å². The van der Waals surface area contributed by atoms with Crippen molar-refractivity contribution in [2.75, 3.05) is 18.7 Å². The molecule has 0 spiro atoms. The van der Waals surface area contributed by atoms with E-state index in [1.807, 2.05) is 30.5 Å². The molecule has 0 atom stereocenters. The minimum absolute atomic E-state index is 0.0880. The molecular formula is C11H11ClN4OS. The summed E-state index contributed by atoms with van der Waals surface area (Å²) in [5, 5.41) is 3.12. The molecule has 0 bridgehead atoms. The summed E-state index contributed by atoms with van der Waals surface area (Å²) in [6.07, 6.45) is 2.03. The van der Waals surface area contributed by atoms with E-state index in [1.165, 1.54) is 12.0 Å². The zero-order chi connectivity index (χ0) is 13.0. The van der Waals surface area contributed by atoms with Crippen molar-refractivity contribution >= 4 is 35.0 Å². The Hall–Kier alpha value is -1.53. The molecule has 0 aliphatic carbocycles. The van der Waals surface area contributed by atoms with Gasteiger partial charge in [-0.1, -0.05) is 0 Å². The van der Waals surface area contributed by atoms with E-state index in [2.05, 4.69) is 20.3 Å². The van der Waals surface area contributed by atoms with Crippen LogP contribution in [0.4, 0.5) is 11.6 Å². The molecule has 5 nitrogen and oxygen atoms in total. The fourth-order valence-corrected chi connectivity index (χ4v) is 1.84. The normalized spacial score (nSPS) is 10.2. The molecule has 0 unspecified atom stereocenters. The van der Waals surface area contributed by atoms with Gasteiger partial charge < -0.3 is 10.1 Å². The molecule has 2 aromatic rings. The largest absolute Gasteiger partial charge is 0.467 e. The maximum absolute atomic E-state index is 5.76. The summed E-state index contributed by atoms with van der Waals surface area (Å²) in [6.45, 7) is 0. The molecule has 1 heterocycles. The molecular weight excluding hydrogens is 272 g/mol. The van der Waals surface area contributed by atoms with Gasteiger partial charge >= 0.3 is 6.01 Å². The van der Waals surface area contributed by atoms with Gasteiger partial charge in [-0.15, -0.1) is 11.8 Å². The standard InChI is InChI=1S/C11H11ClN4OS/c1-17-11-15-9(12)14-10(16-11)13-7-3-5-8(18-2)6-4-7/h3-6H,1-2H3,(H,13,14,15,16). The van der Waals surface area contributed by atoms with Crippen LogP contribution in [0.5, 0.6) is 6.01 Å². The number of methoxy groups -OCH3 is 1. The molecule has 0 aliphatic heterocycles. The Balaban J connectivity index is 2.19. The fraction of sp³-hybridized carbons (Fsp3) is 0.182. The van der Waals surface area contributed by atoms with E-state index in [4.69, 9.17) is 16.3 Å². The zero-order valence-corrected chi connectivity index (χ0v) is 11.4. The number of benzene rings is 1. The molecule has 2 rings (SSSR count). The first-order valence-corrected chi connectivity index (χ1v) is 6.68. The average Bonchev–Trinajstić information content (AvgIpc) is 2.39. The predicted octanol–water partition coefficient (Wildman–Crippen LogP) is 3.00. The van der Waals surface area contributed by atoms with Gasteiger partial charge in [0.2, 0.25) is 11.2 Å². The Kier molecular flexibility index (Phi) is 4.22. The van der Waals surface area contributed by atoms with E-state index < -0.39 is 0 Å². The van der Waals surface area contributed by atoms with E-state index in [0.717, 1.165) is 5.69 Å². The second-order valence-corrected chi connectivity index (χ2v) is 4.49. The molecule has 1 aromatic heterocycles. The third-order valence-electron chi connectivity index (χ3n) is 2.12. The third kappa shape index (κ3) is 3.24. The Morgan fingerprint density at radius 1 is 1.17 bits per heavy atom. The summed E-state index contributed by atoms with van der Waals surface area (Å²) >= 11 is 7.44. The van der Waals surface area contributed by atoms with Crippen LogP contribution in [0.2, 0.25) is 5.28 Å². The molecule has 7 heteroatoms. The Morgan fingerprint density at radius 2 is 1.89 bits per heavy atom. The number of rotatable bonds is 4. The van der Waals surface area contributed by atoms with Crippen LogP contribution in [0.3, 0.4) is 0 Å². The summed E-state index contributed by atoms with van der Waals surface area (Å²) in [5.74, 6) is 0.351. The topological polar surface area (TPSA) is 59.9 Å². The summed E-state index contributed by atoms with van der Waals surface area (Å²) in [5.41, 5.74) is 0.872. The summed E-state index contributed by atoms with van der Waals surface area (Å²) in [4.78, 5) is 13.0. The summed E-state index contributed by atoms with van der Waals surface area (Å²) < 4.78 is 4.92. The van der Waals surface area contributed by atoms with Crippen molar-refractivity contribution in [1.29, 1.82) is 0 Å². The van der Waals surface area contributed by atoms with Crippen molar-refractivity contribution in [1.82, 2.24) is 15.0 Å². The number of ether oxygens (including phenoxy) is 1. The highest BCUT2D eigenvalue weighted by Crippen LogP contribution is 2.20. The molecule has 18 heavy (non-hydrogen) atoms. The van der Waals surface area contributed by atoms with Gasteiger partial charge in [0.25, 0.3) is 0 Å². The monoisotopic (exact) mass is 282 g/mol. The Labute approximate surface area is 114 Å². The molecule has 0 aliphatic rings. The van der Waals surface area contributed by atoms with Crippen molar-refractivity contribution in [3.63, 3.8) is 0 Å². The van der Waals surface area contributed by atoms with Crippen LogP contribution in [0, 0.1) is 0 Å². The fourth-order valence-electron chi connectivity index (χ4n) is 1.28. The summed E-state index contributed by atoms with van der Waals surface area (Å²) in [6, 6.07) is 8.07. The van der Waals surface area contributed by atoms with Gasteiger partial charge in [-0.2, -0.15) is 15.0 Å². The average molecular weight is 283 g/mol. The predicted molar refractivity (Wildman–Crippen MR) is 72.9 cm³/mol. The number of anilines is 2. The van der Waals surface area contributed by atoms with Gasteiger partial charge in [0, 0.05) is 10.6 Å². The first-order valence-electron chi connectivity index (χ1n) is 5.08. The van der Waals surface area contributed by atoms with Crippen LogP contribution in [0.25, 0.3) is 0 Å². The highest BCUT2D eigenvalue weighted by molar-refractivity contribution is 7.98. The van der Waals surface area contributed by atoms with Gasteiger partial charge in [-0.3, -0.25) is 0 Å². The molecule has 94 valence electrons. The van der Waals surface area contributed by atoms with Crippen molar-refractivity contribution in [3.05, 3.63) is 29.5 Å². The highest BCUT2D eigenvalue weighted by atomic mass is 35.5. The Bertz CT molecular complexity index is 535. The van der Waals surface area contributed by atoms with Crippen LogP contribution in [0.1, 0.15) is 0 Å². The molecule has 0 radical (unpaired) electrons. The number of thioether (sulfide) groups is 1. The van der Waals surface area contributed by atoms with E-state index in [9.17, 15) is 0 Å². The first-order chi connectivity index (χ1) is 8.71. The summed E-state index contributed by atoms with van der Waals surface area (Å²) in [7, 11) is 1.47. The number of nitrogens with one attached hydrogen (secondary N) is 1. The highest BCUT2D eigenvalue weighted by Gasteiger charge is 2.05. The second-order valence-electron chi connectivity index (χ2n) is 3.27. The molecule has 0 saturated carbocycles. The van der Waals surface area contributed by atoms with Gasteiger partial charge in [-0.25, -0.2) is 0 Å². The molecule has 1 aromatic carbocycles. The number of halogens is 1. The number of hydrogen-bond acceptors (Lipinski definition) is 6. The third-order valence-corrected chi connectivity index (χ3v) is 3.03. The van der Waals surface area contributed by atoms with Crippen molar-refractivity contribution < 1.29 is 4.74 Å². The number of nitrogens with zero attached hydrogens (tertiary/aromatic N) is 3. The molecule has 0 saturated heterocycles. The van der Waals surface area contributed by atoms with Crippen LogP contribution in [0.15, 0.2) is 29.2 Å². The lowest BCUT2D eigenvalue weighted by atomic mass is 10.3. The minimum Gasteiger partial charge on any atom is -0.467 e. The van der Waals surface area contributed by atoms with Crippen LogP contribution >= 0.6 is 23.4 Å². The van der Waals surface area contributed by atoms with Crippen LogP contribution in [-0.4, -0.2) is 28.3 Å². The zero-order valence-electron chi connectivity index (χ0n) is 9.85. The first kappa shape index (κ1) is 12.9. The number of aromatic nitrogens is 3. The van der Waals surface area contributed by atoms with Crippen molar-refractivity contribution in [3.8, 4) is 6.01 Å². The molecule has 1 N–H and O–H groups in total. The smallest absolute Gasteiger partial charge is 0.322 e. The molecule has 0 fully saturated rings.